The fraction of sp³-hybridized carbons (Fsp3) is 0.467. The maximum Gasteiger partial charge on any atom is 0.175 e. The van der Waals surface area contributed by atoms with Gasteiger partial charge in [0.2, 0.25) is 0 Å². The fourth-order valence-corrected chi connectivity index (χ4v) is 2.30. The summed E-state index contributed by atoms with van der Waals surface area (Å²) < 4.78 is 12.1. The summed E-state index contributed by atoms with van der Waals surface area (Å²) in [7, 11) is 0. The zero-order valence-corrected chi connectivity index (χ0v) is 13.6. The molecule has 1 aromatic rings. The van der Waals surface area contributed by atoms with Crippen molar-refractivity contribution in [1.82, 2.24) is 5.32 Å². The van der Waals surface area contributed by atoms with E-state index in [-0.39, 0.29) is 6.10 Å². The van der Waals surface area contributed by atoms with Crippen LogP contribution in [0.4, 0.5) is 0 Å². The lowest BCUT2D eigenvalue weighted by Gasteiger charge is -2.15. The van der Waals surface area contributed by atoms with Crippen molar-refractivity contribution in [2.24, 2.45) is 0 Å². The third kappa shape index (κ3) is 5.53. The number of halogens is 1. The van der Waals surface area contributed by atoms with Gasteiger partial charge in [-0.15, -0.1) is 0 Å². The Morgan fingerprint density at radius 2 is 2.20 bits per heavy atom. The normalized spacial score (nSPS) is 12.0. The minimum absolute atomic E-state index is 0.361. The standard InChI is InChI=1S/C15H22BrNO3/c1-4-6-20-15-13(16)7-12(8-14(15)19-5-2)10-17-9-11(3)18/h4,7-8,11,17-18H,1,5-6,9-10H2,2-3H3/t11-/m0/s1. The number of aliphatic hydroxyl groups excluding tert-OH is 1. The van der Waals surface area contributed by atoms with Gasteiger partial charge >= 0.3 is 0 Å². The van der Waals surface area contributed by atoms with Gasteiger partial charge in [-0.1, -0.05) is 12.7 Å². The molecule has 0 unspecified atom stereocenters. The molecule has 0 bridgehead atoms. The molecule has 0 aliphatic carbocycles. The molecule has 20 heavy (non-hydrogen) atoms. The minimum atomic E-state index is -0.361. The van der Waals surface area contributed by atoms with E-state index in [2.05, 4.69) is 27.8 Å². The van der Waals surface area contributed by atoms with Gasteiger partial charge in [0, 0.05) is 13.1 Å². The summed E-state index contributed by atoms with van der Waals surface area (Å²) in [5, 5.41) is 12.4. The van der Waals surface area contributed by atoms with E-state index >= 15 is 0 Å². The Bertz CT molecular complexity index is 435. The Morgan fingerprint density at radius 1 is 1.45 bits per heavy atom. The number of nitrogens with one attached hydrogen (secondary N) is 1. The van der Waals surface area contributed by atoms with E-state index < -0.39 is 0 Å². The van der Waals surface area contributed by atoms with Gasteiger partial charge in [0.15, 0.2) is 11.5 Å². The maximum atomic E-state index is 9.24. The van der Waals surface area contributed by atoms with Crippen molar-refractivity contribution in [3.63, 3.8) is 0 Å². The molecule has 0 heterocycles. The number of hydrogen-bond acceptors (Lipinski definition) is 4. The zero-order valence-electron chi connectivity index (χ0n) is 12.0. The van der Waals surface area contributed by atoms with Crippen LogP contribution in [0, 0.1) is 0 Å². The molecule has 0 aromatic heterocycles. The second kappa shape index (κ2) is 9.00. The van der Waals surface area contributed by atoms with Crippen LogP contribution in [0.5, 0.6) is 11.5 Å². The van der Waals surface area contributed by atoms with E-state index in [4.69, 9.17) is 9.47 Å². The van der Waals surface area contributed by atoms with E-state index in [9.17, 15) is 5.11 Å². The highest BCUT2D eigenvalue weighted by Gasteiger charge is 2.12. The first-order chi connectivity index (χ1) is 9.58. The lowest BCUT2D eigenvalue weighted by atomic mass is 10.2. The van der Waals surface area contributed by atoms with Crippen molar-refractivity contribution < 1.29 is 14.6 Å². The molecule has 2 N–H and O–H groups in total. The van der Waals surface area contributed by atoms with Gasteiger partial charge in [-0.05, 0) is 47.5 Å². The lowest BCUT2D eigenvalue weighted by Crippen LogP contribution is -2.23. The molecule has 0 saturated heterocycles. The Hall–Kier alpha value is -1.04. The van der Waals surface area contributed by atoms with Gasteiger partial charge in [0.1, 0.15) is 6.61 Å². The first-order valence-electron chi connectivity index (χ1n) is 6.66. The topological polar surface area (TPSA) is 50.7 Å². The van der Waals surface area contributed by atoms with Crippen LogP contribution in [0.15, 0.2) is 29.3 Å². The molecule has 0 fully saturated rings. The quantitative estimate of drug-likeness (QED) is 0.677. The molecule has 0 saturated carbocycles. The largest absolute Gasteiger partial charge is 0.490 e. The molecule has 0 radical (unpaired) electrons. The Kier molecular flexibility index (Phi) is 7.65. The van der Waals surface area contributed by atoms with Crippen molar-refractivity contribution in [1.29, 1.82) is 0 Å². The van der Waals surface area contributed by atoms with Crippen LogP contribution in [0.2, 0.25) is 0 Å². The molecule has 4 nitrogen and oxygen atoms in total. The fourth-order valence-electron chi connectivity index (χ4n) is 1.69. The molecular formula is C15H22BrNO3. The van der Waals surface area contributed by atoms with Gasteiger partial charge in [0.05, 0.1) is 17.2 Å². The predicted molar refractivity (Wildman–Crippen MR) is 84.4 cm³/mol. The Labute approximate surface area is 128 Å². The second-order valence-corrected chi connectivity index (χ2v) is 5.27. The monoisotopic (exact) mass is 343 g/mol. The van der Waals surface area contributed by atoms with Crippen LogP contribution in [0.25, 0.3) is 0 Å². The summed E-state index contributed by atoms with van der Waals surface area (Å²) in [5.41, 5.74) is 1.06. The predicted octanol–water partition coefficient (Wildman–Crippen LogP) is 2.88. The van der Waals surface area contributed by atoms with Crippen LogP contribution in [0.3, 0.4) is 0 Å². The third-order valence-corrected chi connectivity index (χ3v) is 3.07. The average molecular weight is 344 g/mol. The number of benzene rings is 1. The highest BCUT2D eigenvalue weighted by Crippen LogP contribution is 2.37. The summed E-state index contributed by atoms with van der Waals surface area (Å²) in [4.78, 5) is 0. The molecule has 5 heteroatoms. The van der Waals surface area contributed by atoms with Gasteiger partial charge in [-0.3, -0.25) is 0 Å². The van der Waals surface area contributed by atoms with E-state index in [1.807, 2.05) is 19.1 Å². The van der Waals surface area contributed by atoms with Gasteiger partial charge in [-0.25, -0.2) is 0 Å². The average Bonchev–Trinajstić information content (AvgIpc) is 2.38. The zero-order chi connectivity index (χ0) is 15.0. The molecule has 0 spiro atoms. The first kappa shape index (κ1) is 17.0. The van der Waals surface area contributed by atoms with Gasteiger partial charge in [-0.2, -0.15) is 0 Å². The lowest BCUT2D eigenvalue weighted by molar-refractivity contribution is 0.191. The molecule has 0 aliphatic heterocycles. The summed E-state index contributed by atoms with van der Waals surface area (Å²) >= 11 is 3.50. The Morgan fingerprint density at radius 3 is 2.80 bits per heavy atom. The molecular weight excluding hydrogens is 322 g/mol. The second-order valence-electron chi connectivity index (χ2n) is 4.42. The number of rotatable bonds is 9. The summed E-state index contributed by atoms with van der Waals surface area (Å²) in [6.45, 7) is 9.54. The van der Waals surface area contributed by atoms with Crippen molar-refractivity contribution in [2.45, 2.75) is 26.5 Å². The maximum absolute atomic E-state index is 9.24. The Balaban J connectivity index is 2.85. The summed E-state index contributed by atoms with van der Waals surface area (Å²) in [6.07, 6.45) is 1.33. The van der Waals surface area contributed by atoms with Crippen LogP contribution < -0.4 is 14.8 Å². The highest BCUT2D eigenvalue weighted by atomic mass is 79.9. The SMILES string of the molecule is C=CCOc1c(Br)cc(CNC[C@H](C)O)cc1OCC. The van der Waals surface area contributed by atoms with Crippen molar-refractivity contribution >= 4 is 15.9 Å². The minimum Gasteiger partial charge on any atom is -0.490 e. The van der Waals surface area contributed by atoms with Crippen LogP contribution in [0.1, 0.15) is 19.4 Å². The molecule has 0 aliphatic rings. The summed E-state index contributed by atoms with van der Waals surface area (Å²) in [5.74, 6) is 1.39. The van der Waals surface area contributed by atoms with Crippen molar-refractivity contribution in [3.05, 3.63) is 34.8 Å². The number of aliphatic hydroxyl groups is 1. The van der Waals surface area contributed by atoms with E-state index in [1.54, 1.807) is 13.0 Å². The van der Waals surface area contributed by atoms with Crippen LogP contribution in [-0.4, -0.2) is 31.0 Å². The molecule has 1 rings (SSSR count). The number of hydrogen-bond donors (Lipinski definition) is 2. The highest BCUT2D eigenvalue weighted by molar-refractivity contribution is 9.10. The van der Waals surface area contributed by atoms with Gasteiger partial charge < -0.3 is 19.9 Å². The van der Waals surface area contributed by atoms with Gasteiger partial charge in [0.25, 0.3) is 0 Å². The molecule has 0 amide bonds. The number of ether oxygens (including phenoxy) is 2. The van der Waals surface area contributed by atoms with Crippen LogP contribution in [-0.2, 0) is 6.54 Å². The van der Waals surface area contributed by atoms with E-state index in [0.29, 0.717) is 37.8 Å². The van der Waals surface area contributed by atoms with Crippen LogP contribution >= 0.6 is 15.9 Å². The smallest absolute Gasteiger partial charge is 0.175 e. The third-order valence-electron chi connectivity index (χ3n) is 2.48. The summed E-state index contributed by atoms with van der Waals surface area (Å²) in [6, 6.07) is 3.93. The molecule has 112 valence electrons. The molecule has 1 atom stereocenters. The van der Waals surface area contributed by atoms with Crippen molar-refractivity contribution in [3.8, 4) is 11.5 Å². The first-order valence-corrected chi connectivity index (χ1v) is 7.45. The van der Waals surface area contributed by atoms with E-state index in [1.165, 1.54) is 0 Å². The molecule has 1 aromatic carbocycles. The van der Waals surface area contributed by atoms with Crippen molar-refractivity contribution in [2.75, 3.05) is 19.8 Å². The van der Waals surface area contributed by atoms with E-state index in [0.717, 1.165) is 10.0 Å².